The Morgan fingerprint density at radius 2 is 2.10 bits per heavy atom. The molecule has 3 fully saturated rings. The quantitative estimate of drug-likeness (QED) is 0.814. The number of nitrogens with zero attached hydrogens (tertiary/aromatic N) is 2. The molecule has 6 nitrogen and oxygen atoms in total. The van der Waals surface area contributed by atoms with Gasteiger partial charge in [0.2, 0.25) is 5.91 Å². The molecule has 0 spiro atoms. The number of hydrogen-bond acceptors (Lipinski definition) is 4. The van der Waals surface area contributed by atoms with Gasteiger partial charge in [-0.25, -0.2) is 0 Å². The number of aromatic amines is 1. The normalized spacial score (nSPS) is 29.0. The summed E-state index contributed by atoms with van der Waals surface area (Å²) < 4.78 is 5.49. The van der Waals surface area contributed by atoms with E-state index in [0.29, 0.717) is 0 Å². The van der Waals surface area contributed by atoms with E-state index in [4.69, 9.17) is 4.74 Å². The number of rotatable bonds is 4. The number of H-pyrrole nitrogens is 1. The third-order valence-corrected chi connectivity index (χ3v) is 7.63. The lowest BCUT2D eigenvalue weighted by Gasteiger charge is -2.54. The summed E-state index contributed by atoms with van der Waals surface area (Å²) in [5, 5.41) is 4.69. The lowest BCUT2D eigenvalue weighted by atomic mass is 9.67. The Bertz CT molecular complexity index is 890. The van der Waals surface area contributed by atoms with Crippen molar-refractivity contribution in [1.82, 2.24) is 20.1 Å². The fourth-order valence-corrected chi connectivity index (χ4v) is 5.87. The van der Waals surface area contributed by atoms with E-state index in [9.17, 15) is 4.79 Å². The van der Waals surface area contributed by atoms with Crippen molar-refractivity contribution in [2.75, 3.05) is 39.9 Å². The standard InChI is InChI=1S/C24H34N4O2/c1-27-13-10-24(23(29)26-20-7-14-30-15-8-20)9-3-12-28(21(24)17-27)16-19-5-2-4-18-6-11-25-22(18)19/h2,4-6,11,20-21,25H,3,7-10,12-17H2,1H3,(H,26,29)/t21-,24+/m0/s1. The van der Waals surface area contributed by atoms with Crippen molar-refractivity contribution in [2.45, 2.75) is 50.7 Å². The molecule has 2 aromatic rings. The maximum Gasteiger partial charge on any atom is 0.228 e. The molecule has 162 valence electrons. The predicted octanol–water partition coefficient (Wildman–Crippen LogP) is 2.75. The van der Waals surface area contributed by atoms with Crippen LogP contribution >= 0.6 is 0 Å². The van der Waals surface area contributed by atoms with Gasteiger partial charge in [0.25, 0.3) is 0 Å². The molecule has 0 unspecified atom stereocenters. The van der Waals surface area contributed by atoms with Gasteiger partial charge >= 0.3 is 0 Å². The molecule has 2 atom stereocenters. The first-order valence-corrected chi connectivity index (χ1v) is 11.5. The minimum Gasteiger partial charge on any atom is -0.381 e. The number of fused-ring (bicyclic) bond motifs is 2. The highest BCUT2D eigenvalue weighted by molar-refractivity contribution is 5.84. The predicted molar refractivity (Wildman–Crippen MR) is 118 cm³/mol. The van der Waals surface area contributed by atoms with Crippen molar-refractivity contribution in [2.24, 2.45) is 5.41 Å². The molecule has 5 rings (SSSR count). The first-order chi connectivity index (χ1) is 14.7. The molecule has 1 aromatic carbocycles. The van der Waals surface area contributed by atoms with Crippen LogP contribution < -0.4 is 5.32 Å². The lowest BCUT2D eigenvalue weighted by Crippen LogP contribution is -2.65. The average molecular weight is 411 g/mol. The molecule has 0 bridgehead atoms. The van der Waals surface area contributed by atoms with Crippen LogP contribution in [0.25, 0.3) is 10.9 Å². The van der Waals surface area contributed by atoms with Crippen molar-refractivity contribution in [3.63, 3.8) is 0 Å². The summed E-state index contributed by atoms with van der Waals surface area (Å²) in [5.74, 6) is 0.287. The summed E-state index contributed by atoms with van der Waals surface area (Å²) in [6.45, 7) is 5.43. The number of amides is 1. The molecule has 3 saturated heterocycles. The first kappa shape index (κ1) is 20.0. The van der Waals surface area contributed by atoms with Gasteiger partial charge in [0.15, 0.2) is 0 Å². The van der Waals surface area contributed by atoms with E-state index in [1.807, 2.05) is 6.20 Å². The van der Waals surface area contributed by atoms with E-state index in [-0.39, 0.29) is 23.4 Å². The highest BCUT2D eigenvalue weighted by Gasteiger charge is 2.52. The number of benzene rings is 1. The molecular weight excluding hydrogens is 376 g/mol. The SMILES string of the molecule is CN1CC[C@]2(C(=O)NC3CCOCC3)CCCN(Cc3cccc4cc[nH]c34)[C@H]2C1. The zero-order valence-electron chi connectivity index (χ0n) is 18.0. The second kappa shape index (κ2) is 8.33. The molecule has 2 N–H and O–H groups in total. The van der Waals surface area contributed by atoms with Crippen molar-refractivity contribution in [3.8, 4) is 0 Å². The number of piperidine rings is 2. The zero-order chi connectivity index (χ0) is 20.6. The first-order valence-electron chi connectivity index (χ1n) is 11.5. The molecule has 3 aliphatic heterocycles. The summed E-state index contributed by atoms with van der Waals surface area (Å²) in [7, 11) is 2.19. The maximum atomic E-state index is 13.7. The van der Waals surface area contributed by atoms with E-state index < -0.39 is 0 Å². The Kier molecular flexibility index (Phi) is 5.56. The van der Waals surface area contributed by atoms with E-state index in [0.717, 1.165) is 71.5 Å². The van der Waals surface area contributed by atoms with Crippen LogP contribution in [0.2, 0.25) is 0 Å². The number of carbonyl (C=O) groups excluding carboxylic acids is 1. The molecule has 1 amide bonds. The topological polar surface area (TPSA) is 60.6 Å². The Morgan fingerprint density at radius 3 is 2.97 bits per heavy atom. The van der Waals surface area contributed by atoms with Crippen LogP contribution in [-0.2, 0) is 16.1 Å². The third-order valence-electron chi connectivity index (χ3n) is 7.63. The molecule has 0 saturated carbocycles. The number of hydrogen-bond donors (Lipinski definition) is 2. The molecule has 6 heteroatoms. The summed E-state index contributed by atoms with van der Waals surface area (Å²) in [6.07, 6.45) is 6.93. The van der Waals surface area contributed by atoms with Gasteiger partial charge in [0.1, 0.15) is 0 Å². The summed E-state index contributed by atoms with van der Waals surface area (Å²) in [4.78, 5) is 22.1. The smallest absolute Gasteiger partial charge is 0.228 e. The largest absolute Gasteiger partial charge is 0.381 e. The molecule has 1 aromatic heterocycles. The minimum absolute atomic E-state index is 0.259. The van der Waals surface area contributed by atoms with Gasteiger partial charge < -0.3 is 19.9 Å². The van der Waals surface area contributed by atoms with E-state index in [1.54, 1.807) is 0 Å². The van der Waals surface area contributed by atoms with Crippen molar-refractivity contribution in [1.29, 1.82) is 0 Å². The number of para-hydroxylation sites is 1. The number of ether oxygens (including phenoxy) is 1. The average Bonchev–Trinajstić information content (AvgIpc) is 3.25. The van der Waals surface area contributed by atoms with Crippen molar-refractivity contribution >= 4 is 16.8 Å². The van der Waals surface area contributed by atoms with Crippen LogP contribution in [0.15, 0.2) is 30.5 Å². The molecule has 30 heavy (non-hydrogen) atoms. The van der Waals surface area contributed by atoms with Gasteiger partial charge in [-0.2, -0.15) is 0 Å². The lowest BCUT2D eigenvalue weighted by molar-refractivity contribution is -0.146. The highest BCUT2D eigenvalue weighted by Crippen LogP contribution is 2.43. The van der Waals surface area contributed by atoms with Crippen LogP contribution in [0.1, 0.15) is 37.7 Å². The fraction of sp³-hybridized carbons (Fsp3) is 0.625. The molecular formula is C24H34N4O2. The van der Waals surface area contributed by atoms with Crippen LogP contribution in [0.4, 0.5) is 0 Å². The van der Waals surface area contributed by atoms with Gasteiger partial charge in [0, 0.05) is 50.1 Å². The van der Waals surface area contributed by atoms with Crippen LogP contribution in [0.5, 0.6) is 0 Å². The number of carbonyl (C=O) groups is 1. The Hall–Kier alpha value is -1.89. The van der Waals surface area contributed by atoms with Gasteiger partial charge in [0.05, 0.1) is 5.41 Å². The van der Waals surface area contributed by atoms with E-state index in [2.05, 4.69) is 51.4 Å². The monoisotopic (exact) mass is 410 g/mol. The highest BCUT2D eigenvalue weighted by atomic mass is 16.5. The third kappa shape index (κ3) is 3.66. The van der Waals surface area contributed by atoms with Crippen molar-refractivity contribution < 1.29 is 9.53 Å². The number of likely N-dealkylation sites (tertiary alicyclic amines) is 2. The van der Waals surface area contributed by atoms with Gasteiger partial charge in [-0.3, -0.25) is 9.69 Å². The van der Waals surface area contributed by atoms with Crippen molar-refractivity contribution in [3.05, 3.63) is 36.0 Å². The van der Waals surface area contributed by atoms with E-state index >= 15 is 0 Å². The summed E-state index contributed by atoms with van der Waals surface area (Å²) >= 11 is 0. The van der Waals surface area contributed by atoms with Gasteiger partial charge in [-0.05, 0) is 69.3 Å². The van der Waals surface area contributed by atoms with Gasteiger partial charge in [-0.15, -0.1) is 0 Å². The van der Waals surface area contributed by atoms with Crippen LogP contribution in [-0.4, -0.2) is 72.7 Å². The Balaban J connectivity index is 1.40. The fourth-order valence-electron chi connectivity index (χ4n) is 5.87. The number of nitrogens with one attached hydrogen (secondary N) is 2. The Labute approximate surface area is 178 Å². The Morgan fingerprint density at radius 1 is 1.23 bits per heavy atom. The second-order valence-corrected chi connectivity index (χ2v) is 9.48. The molecule has 4 heterocycles. The van der Waals surface area contributed by atoms with Crippen LogP contribution in [0, 0.1) is 5.41 Å². The minimum atomic E-state index is -0.271. The number of likely N-dealkylation sites (N-methyl/N-ethyl adjacent to an activating group) is 1. The summed E-state index contributed by atoms with van der Waals surface area (Å²) in [6, 6.07) is 9.19. The molecule has 0 aliphatic carbocycles. The summed E-state index contributed by atoms with van der Waals surface area (Å²) in [5.41, 5.74) is 2.28. The number of aromatic nitrogens is 1. The zero-order valence-corrected chi connectivity index (χ0v) is 18.0. The second-order valence-electron chi connectivity index (χ2n) is 9.48. The van der Waals surface area contributed by atoms with E-state index in [1.165, 1.54) is 16.5 Å². The van der Waals surface area contributed by atoms with Crippen LogP contribution in [0.3, 0.4) is 0 Å². The maximum absolute atomic E-state index is 13.7. The molecule has 3 aliphatic rings. The molecule has 0 radical (unpaired) electrons. The van der Waals surface area contributed by atoms with Gasteiger partial charge in [-0.1, -0.05) is 18.2 Å².